The molecule has 122 valence electrons. The lowest BCUT2D eigenvalue weighted by Gasteiger charge is -2.30. The van der Waals surface area contributed by atoms with Gasteiger partial charge in [0.2, 0.25) is 10.0 Å². The Bertz CT molecular complexity index is 660. The van der Waals surface area contributed by atoms with E-state index < -0.39 is 10.0 Å². The van der Waals surface area contributed by atoms with Gasteiger partial charge in [-0.3, -0.25) is 4.79 Å². The third-order valence-corrected chi connectivity index (χ3v) is 6.22. The fourth-order valence-electron chi connectivity index (χ4n) is 2.32. The number of pyridine rings is 1. The molecule has 6 nitrogen and oxygen atoms in total. The number of sulfonamides is 1. The van der Waals surface area contributed by atoms with Gasteiger partial charge in [-0.25, -0.2) is 13.4 Å². The number of piperidine rings is 1. The lowest BCUT2D eigenvalue weighted by molar-refractivity contribution is -0.149. The summed E-state index contributed by atoms with van der Waals surface area (Å²) in [7, 11) is -3.72. The van der Waals surface area contributed by atoms with Gasteiger partial charge in [-0.2, -0.15) is 4.31 Å². The lowest BCUT2D eigenvalue weighted by Crippen LogP contribution is -2.40. The van der Waals surface area contributed by atoms with E-state index in [2.05, 4.69) is 20.9 Å². The van der Waals surface area contributed by atoms with Crippen LogP contribution in [0.3, 0.4) is 0 Å². The van der Waals surface area contributed by atoms with Gasteiger partial charge in [0.05, 0.1) is 12.5 Å². The maximum absolute atomic E-state index is 12.6. The van der Waals surface area contributed by atoms with Crippen molar-refractivity contribution < 1.29 is 17.9 Å². The molecule has 0 amide bonds. The van der Waals surface area contributed by atoms with E-state index >= 15 is 0 Å². The summed E-state index contributed by atoms with van der Waals surface area (Å²) in [4.78, 5) is 15.5. The van der Waals surface area contributed by atoms with Crippen LogP contribution in [0.4, 0.5) is 0 Å². The molecule has 0 aromatic carbocycles. The molecule has 2 rings (SSSR count). The number of ether oxygens (including phenoxy) is 1. The summed E-state index contributed by atoms with van der Waals surface area (Å²) < 4.78 is 32.1. The van der Waals surface area contributed by atoms with E-state index in [1.165, 1.54) is 16.6 Å². The summed E-state index contributed by atoms with van der Waals surface area (Å²) >= 11 is 9.10. The molecule has 0 saturated carbocycles. The molecule has 0 unspecified atom stereocenters. The summed E-state index contributed by atoms with van der Waals surface area (Å²) in [5, 5.41) is -0.0595. The van der Waals surface area contributed by atoms with E-state index in [4.69, 9.17) is 16.3 Å². The van der Waals surface area contributed by atoms with E-state index in [1.807, 2.05) is 0 Å². The van der Waals surface area contributed by atoms with E-state index in [0.29, 0.717) is 23.9 Å². The fraction of sp³-hybridized carbons (Fsp3) is 0.538. The molecule has 9 heteroatoms. The van der Waals surface area contributed by atoms with Crippen LogP contribution in [0.1, 0.15) is 19.8 Å². The molecule has 2 heterocycles. The zero-order valence-corrected chi connectivity index (χ0v) is 15.1. The van der Waals surface area contributed by atoms with Crippen molar-refractivity contribution in [2.75, 3.05) is 19.7 Å². The maximum Gasteiger partial charge on any atom is 0.309 e. The Balaban J connectivity index is 2.13. The highest BCUT2D eigenvalue weighted by atomic mass is 79.9. The number of hydrogen-bond donors (Lipinski definition) is 0. The minimum Gasteiger partial charge on any atom is -0.466 e. The van der Waals surface area contributed by atoms with Crippen LogP contribution in [0.15, 0.2) is 21.6 Å². The summed E-state index contributed by atoms with van der Waals surface area (Å²) in [5.74, 6) is -0.510. The summed E-state index contributed by atoms with van der Waals surface area (Å²) in [6, 6.07) is 1.43. The zero-order chi connectivity index (χ0) is 16.3. The Morgan fingerprint density at radius 1 is 1.50 bits per heavy atom. The van der Waals surface area contributed by atoms with Crippen LogP contribution in [0.25, 0.3) is 0 Å². The zero-order valence-electron chi connectivity index (χ0n) is 12.0. The van der Waals surface area contributed by atoms with Gasteiger partial charge < -0.3 is 4.74 Å². The lowest BCUT2D eigenvalue weighted by atomic mass is 9.98. The fourth-order valence-corrected chi connectivity index (χ4v) is 4.71. The van der Waals surface area contributed by atoms with Crippen LogP contribution in [-0.2, 0) is 19.6 Å². The van der Waals surface area contributed by atoms with Crippen molar-refractivity contribution >= 4 is 43.5 Å². The molecule has 0 radical (unpaired) electrons. The second-order valence-corrected chi connectivity index (χ2v) is 8.05. The van der Waals surface area contributed by atoms with Crippen LogP contribution in [-0.4, -0.2) is 43.4 Å². The van der Waals surface area contributed by atoms with Crippen molar-refractivity contribution in [2.45, 2.75) is 24.7 Å². The Hall–Kier alpha value is -0.700. The van der Waals surface area contributed by atoms with Crippen molar-refractivity contribution in [1.82, 2.24) is 9.29 Å². The average molecular weight is 412 g/mol. The largest absolute Gasteiger partial charge is 0.466 e. The SMILES string of the molecule is CCOC(=O)C1CCN(S(=O)(=O)c2cc(Br)cnc2Cl)CC1. The second kappa shape index (κ2) is 7.25. The molecule has 0 spiro atoms. The first-order chi connectivity index (χ1) is 10.4. The van der Waals surface area contributed by atoms with E-state index in [0.717, 1.165) is 0 Å². The number of aromatic nitrogens is 1. The average Bonchev–Trinajstić information content (AvgIpc) is 2.50. The monoisotopic (exact) mass is 410 g/mol. The first-order valence-corrected chi connectivity index (χ1v) is 9.45. The summed E-state index contributed by atoms with van der Waals surface area (Å²) in [5.41, 5.74) is 0. The number of hydrogen-bond acceptors (Lipinski definition) is 5. The Morgan fingerprint density at radius 3 is 2.73 bits per heavy atom. The molecule has 1 fully saturated rings. The number of rotatable bonds is 4. The van der Waals surface area contributed by atoms with Gasteiger partial charge >= 0.3 is 5.97 Å². The molecule has 22 heavy (non-hydrogen) atoms. The van der Waals surface area contributed by atoms with Crippen molar-refractivity contribution in [1.29, 1.82) is 0 Å². The van der Waals surface area contributed by atoms with Gasteiger partial charge in [-0.05, 0) is 41.8 Å². The summed E-state index contributed by atoms with van der Waals surface area (Å²) in [6.45, 7) is 2.60. The molecule has 1 aliphatic heterocycles. The highest BCUT2D eigenvalue weighted by Crippen LogP contribution is 2.29. The van der Waals surface area contributed by atoms with Crippen LogP contribution < -0.4 is 0 Å². The first-order valence-electron chi connectivity index (χ1n) is 6.84. The normalized spacial score (nSPS) is 17.4. The molecule has 1 aromatic heterocycles. The molecule has 1 saturated heterocycles. The van der Waals surface area contributed by atoms with Gasteiger partial charge in [0.15, 0.2) is 0 Å². The number of nitrogens with zero attached hydrogens (tertiary/aromatic N) is 2. The van der Waals surface area contributed by atoms with Gasteiger partial charge in [0.25, 0.3) is 0 Å². The van der Waals surface area contributed by atoms with E-state index in [1.54, 1.807) is 6.92 Å². The second-order valence-electron chi connectivity index (χ2n) is 4.87. The van der Waals surface area contributed by atoms with Crippen molar-refractivity contribution in [3.63, 3.8) is 0 Å². The quantitative estimate of drug-likeness (QED) is 0.562. The minimum atomic E-state index is -3.72. The Kier molecular flexibility index (Phi) is 5.81. The molecule has 1 aliphatic rings. The third-order valence-electron chi connectivity index (χ3n) is 3.47. The van der Waals surface area contributed by atoms with Crippen molar-refractivity contribution in [3.8, 4) is 0 Å². The molecule has 0 bridgehead atoms. The highest BCUT2D eigenvalue weighted by Gasteiger charge is 2.34. The van der Waals surface area contributed by atoms with Gasteiger partial charge in [0, 0.05) is 23.8 Å². The van der Waals surface area contributed by atoms with Gasteiger partial charge in [0.1, 0.15) is 10.0 Å². The first kappa shape index (κ1) is 17.7. The van der Waals surface area contributed by atoms with Gasteiger partial charge in [-0.1, -0.05) is 11.6 Å². The van der Waals surface area contributed by atoms with Crippen LogP contribution in [0, 0.1) is 5.92 Å². The minimum absolute atomic E-state index is 0.0295. The molecular weight excluding hydrogens is 396 g/mol. The third kappa shape index (κ3) is 3.79. The van der Waals surface area contributed by atoms with Crippen LogP contribution in [0.2, 0.25) is 5.15 Å². The van der Waals surface area contributed by atoms with Crippen LogP contribution in [0.5, 0.6) is 0 Å². The smallest absolute Gasteiger partial charge is 0.309 e. The Morgan fingerprint density at radius 2 is 2.14 bits per heavy atom. The van der Waals surface area contributed by atoms with Gasteiger partial charge in [-0.15, -0.1) is 0 Å². The van der Waals surface area contributed by atoms with E-state index in [9.17, 15) is 13.2 Å². The number of esters is 1. The van der Waals surface area contributed by atoms with Crippen molar-refractivity contribution in [2.24, 2.45) is 5.92 Å². The topological polar surface area (TPSA) is 76.6 Å². The highest BCUT2D eigenvalue weighted by molar-refractivity contribution is 9.10. The number of halogens is 2. The molecule has 0 atom stereocenters. The standard InChI is InChI=1S/C13H16BrClN2O4S/c1-2-21-13(18)9-3-5-17(6-4-9)22(19,20)11-7-10(14)8-16-12(11)15/h7-9H,2-6H2,1H3. The molecule has 0 aliphatic carbocycles. The molecular formula is C13H16BrClN2O4S. The predicted octanol–water partition coefficient (Wildman–Crippen LogP) is 2.46. The Labute approximate surface area is 143 Å². The van der Waals surface area contributed by atoms with Crippen LogP contribution >= 0.6 is 27.5 Å². The summed E-state index contributed by atoms with van der Waals surface area (Å²) in [6.07, 6.45) is 2.32. The number of carbonyl (C=O) groups is 1. The van der Waals surface area contributed by atoms with E-state index in [-0.39, 0.29) is 35.0 Å². The van der Waals surface area contributed by atoms with Crippen molar-refractivity contribution in [3.05, 3.63) is 21.9 Å². The number of carbonyl (C=O) groups excluding carboxylic acids is 1. The predicted molar refractivity (Wildman–Crippen MR) is 85.1 cm³/mol. The molecule has 1 aromatic rings. The molecule has 0 N–H and O–H groups in total. The maximum atomic E-state index is 12.6.